The van der Waals surface area contributed by atoms with Gasteiger partial charge in [0.15, 0.2) is 0 Å². The molecule has 142 valence electrons. The summed E-state index contributed by atoms with van der Waals surface area (Å²) in [5, 5.41) is 4.61. The van der Waals surface area contributed by atoms with E-state index in [1.165, 1.54) is 17.2 Å². The summed E-state index contributed by atoms with van der Waals surface area (Å²) in [6.07, 6.45) is 3.42. The van der Waals surface area contributed by atoms with E-state index in [0.29, 0.717) is 25.6 Å². The van der Waals surface area contributed by atoms with E-state index in [0.717, 1.165) is 37.3 Å². The summed E-state index contributed by atoms with van der Waals surface area (Å²) in [6, 6.07) is 6.69. The predicted octanol–water partition coefficient (Wildman–Crippen LogP) is 1.57. The highest BCUT2D eigenvalue weighted by Gasteiger charge is 2.42. The minimum absolute atomic E-state index is 0.166. The molecule has 0 bridgehead atoms. The molecule has 2 fully saturated rings. The second-order valence-electron chi connectivity index (χ2n) is 8.25. The van der Waals surface area contributed by atoms with Crippen molar-refractivity contribution in [2.45, 2.75) is 44.8 Å². The molecule has 1 saturated heterocycles. The number of rotatable bonds is 4. The van der Waals surface area contributed by atoms with Crippen molar-refractivity contribution in [3.63, 3.8) is 0 Å². The molecule has 1 aliphatic carbocycles. The molecule has 0 unspecified atom stereocenters. The van der Waals surface area contributed by atoms with Crippen LogP contribution in [-0.2, 0) is 19.6 Å². The van der Waals surface area contributed by atoms with Crippen molar-refractivity contribution in [3.8, 4) is 0 Å². The first-order valence-electron chi connectivity index (χ1n) is 9.77. The largest absolute Gasteiger partial charge is 0.332 e. The first-order valence-corrected chi connectivity index (χ1v) is 9.77. The third-order valence-corrected chi connectivity index (χ3v) is 6.38. The molecule has 27 heavy (non-hydrogen) atoms. The van der Waals surface area contributed by atoms with Crippen LogP contribution in [0.25, 0.3) is 0 Å². The van der Waals surface area contributed by atoms with E-state index in [1.807, 2.05) is 6.07 Å². The normalized spacial score (nSPS) is 24.6. The van der Waals surface area contributed by atoms with Crippen molar-refractivity contribution in [3.05, 3.63) is 62.2 Å². The molecule has 2 aromatic rings. The van der Waals surface area contributed by atoms with E-state index in [9.17, 15) is 14.0 Å². The Morgan fingerprint density at radius 1 is 1.11 bits per heavy atom. The van der Waals surface area contributed by atoms with Gasteiger partial charge in [0.25, 0.3) is 0 Å². The van der Waals surface area contributed by atoms with Crippen LogP contribution in [0.15, 0.2) is 33.9 Å². The lowest BCUT2D eigenvalue weighted by Gasteiger charge is -2.25. The molecule has 3 heterocycles. The minimum atomic E-state index is -0.484. The zero-order valence-corrected chi connectivity index (χ0v) is 15.2. The van der Waals surface area contributed by atoms with Gasteiger partial charge in [-0.25, -0.2) is 9.07 Å². The quantitative estimate of drug-likeness (QED) is 0.767. The summed E-state index contributed by atoms with van der Waals surface area (Å²) in [4.78, 5) is 27.2. The molecule has 6 nitrogen and oxygen atoms in total. The van der Waals surface area contributed by atoms with E-state index in [4.69, 9.17) is 0 Å². The number of halogens is 1. The van der Waals surface area contributed by atoms with Gasteiger partial charge in [0.2, 0.25) is 0 Å². The van der Waals surface area contributed by atoms with Crippen LogP contribution in [0.5, 0.6) is 0 Å². The average Bonchev–Trinajstić information content (AvgIpc) is 3.13. The van der Waals surface area contributed by atoms with Gasteiger partial charge < -0.3 is 0 Å². The van der Waals surface area contributed by atoms with Crippen LogP contribution >= 0.6 is 0 Å². The highest BCUT2D eigenvalue weighted by atomic mass is 19.1. The summed E-state index contributed by atoms with van der Waals surface area (Å²) >= 11 is 0. The highest BCUT2D eigenvalue weighted by Crippen LogP contribution is 2.37. The Balaban J connectivity index is 1.38. The van der Waals surface area contributed by atoms with Crippen molar-refractivity contribution in [1.82, 2.24) is 19.2 Å². The van der Waals surface area contributed by atoms with Gasteiger partial charge in [-0.2, -0.15) is 5.10 Å². The van der Waals surface area contributed by atoms with E-state index < -0.39 is 11.1 Å². The topological polar surface area (TPSA) is 60.1 Å². The van der Waals surface area contributed by atoms with Crippen molar-refractivity contribution < 1.29 is 4.39 Å². The van der Waals surface area contributed by atoms with Crippen LogP contribution < -0.4 is 11.1 Å². The van der Waals surface area contributed by atoms with Crippen LogP contribution in [0.3, 0.4) is 0 Å². The first-order chi connectivity index (χ1) is 13.1. The minimum Gasteiger partial charge on any atom is -0.298 e. The number of hydrogen-bond acceptors (Lipinski definition) is 4. The number of benzene rings is 1. The van der Waals surface area contributed by atoms with E-state index in [2.05, 4.69) is 10.00 Å². The summed E-state index contributed by atoms with van der Waals surface area (Å²) < 4.78 is 16.4. The maximum Gasteiger partial charge on any atom is 0.332 e. The molecule has 5 rings (SSSR count). The first kappa shape index (κ1) is 16.9. The zero-order chi connectivity index (χ0) is 18.5. The van der Waals surface area contributed by atoms with Gasteiger partial charge in [-0.3, -0.25) is 19.1 Å². The van der Waals surface area contributed by atoms with Crippen LogP contribution in [0.1, 0.15) is 36.6 Å². The molecule has 0 spiro atoms. The smallest absolute Gasteiger partial charge is 0.298 e. The Labute approximate surface area is 156 Å². The van der Waals surface area contributed by atoms with Crippen molar-refractivity contribution in [1.29, 1.82) is 0 Å². The molecule has 3 aliphatic rings. The fourth-order valence-corrected chi connectivity index (χ4v) is 4.74. The molecule has 1 aromatic heterocycles. The lowest BCUT2D eigenvalue weighted by Crippen LogP contribution is -2.45. The van der Waals surface area contributed by atoms with E-state index in [1.54, 1.807) is 16.7 Å². The van der Waals surface area contributed by atoms with Gasteiger partial charge in [0.05, 0.1) is 0 Å². The van der Waals surface area contributed by atoms with E-state index >= 15 is 0 Å². The second kappa shape index (κ2) is 6.41. The maximum atomic E-state index is 13.4. The summed E-state index contributed by atoms with van der Waals surface area (Å²) in [7, 11) is 0. The fourth-order valence-electron chi connectivity index (χ4n) is 4.74. The third kappa shape index (κ3) is 2.94. The standard InChI is InChI=1S/C20H23FN4O2/c21-16-6-2-5-14(7-16)8-23-10-15-11-24-18(17(15)12-23)22-25(20(27)19(24)26)9-13-3-1-4-13/h2,5-7,13,15,17H,1,3-4,8-12H2/t15-,17+/m0/s1. The number of fused-ring (bicyclic) bond motifs is 3. The molecule has 7 heteroatoms. The number of hydrogen-bond donors (Lipinski definition) is 0. The van der Waals surface area contributed by atoms with Crippen LogP contribution in [0.4, 0.5) is 4.39 Å². The van der Waals surface area contributed by atoms with E-state index in [-0.39, 0.29) is 17.7 Å². The number of likely N-dealkylation sites (tertiary alicyclic amines) is 1. The third-order valence-electron chi connectivity index (χ3n) is 6.38. The molecule has 1 saturated carbocycles. The van der Waals surface area contributed by atoms with Gasteiger partial charge in [0.1, 0.15) is 11.6 Å². The molecular formula is C20H23FN4O2. The molecule has 0 amide bonds. The SMILES string of the molecule is O=c1c(=O)n2c(nn1CC1CCC1)[C@@H]1CN(Cc3cccc(F)c3)C[C@H]1C2. The van der Waals surface area contributed by atoms with Crippen LogP contribution in [0.2, 0.25) is 0 Å². The fraction of sp³-hybridized carbons (Fsp3) is 0.550. The van der Waals surface area contributed by atoms with Gasteiger partial charge in [-0.1, -0.05) is 18.6 Å². The lowest BCUT2D eigenvalue weighted by molar-refractivity contribution is 0.256. The Morgan fingerprint density at radius 2 is 1.96 bits per heavy atom. The number of nitrogens with zero attached hydrogens (tertiary/aromatic N) is 4. The molecule has 0 N–H and O–H groups in total. The molecule has 2 atom stereocenters. The van der Waals surface area contributed by atoms with Gasteiger partial charge >= 0.3 is 11.1 Å². The zero-order valence-electron chi connectivity index (χ0n) is 15.2. The number of aromatic nitrogens is 3. The monoisotopic (exact) mass is 370 g/mol. The lowest BCUT2D eigenvalue weighted by atomic mass is 9.85. The van der Waals surface area contributed by atoms with Crippen LogP contribution in [-0.4, -0.2) is 32.3 Å². The van der Waals surface area contributed by atoms with Crippen molar-refractivity contribution in [2.24, 2.45) is 11.8 Å². The summed E-state index contributed by atoms with van der Waals surface area (Å²) in [6.45, 7) is 3.43. The Morgan fingerprint density at radius 3 is 2.70 bits per heavy atom. The molecule has 1 aromatic carbocycles. The Bertz CT molecular complexity index is 994. The van der Waals surface area contributed by atoms with Crippen molar-refractivity contribution >= 4 is 0 Å². The highest BCUT2D eigenvalue weighted by molar-refractivity contribution is 5.18. The summed E-state index contributed by atoms with van der Waals surface area (Å²) in [5.41, 5.74) is 0.0444. The Kier molecular flexibility index (Phi) is 4.00. The second-order valence-corrected chi connectivity index (χ2v) is 8.25. The predicted molar refractivity (Wildman–Crippen MR) is 98.0 cm³/mol. The van der Waals surface area contributed by atoms with Crippen molar-refractivity contribution in [2.75, 3.05) is 13.1 Å². The average molecular weight is 370 g/mol. The Hall–Kier alpha value is -2.28. The van der Waals surface area contributed by atoms with Gasteiger partial charge in [0, 0.05) is 44.6 Å². The van der Waals surface area contributed by atoms with Crippen LogP contribution in [0, 0.1) is 17.7 Å². The maximum absolute atomic E-state index is 13.4. The summed E-state index contributed by atoms with van der Waals surface area (Å²) in [5.74, 6) is 1.47. The molecule has 0 radical (unpaired) electrons. The molecular weight excluding hydrogens is 347 g/mol. The van der Waals surface area contributed by atoms with Gasteiger partial charge in [-0.15, -0.1) is 0 Å². The van der Waals surface area contributed by atoms with Gasteiger partial charge in [-0.05, 0) is 36.5 Å². The molecule has 2 aliphatic heterocycles.